The highest BCUT2D eigenvalue weighted by Gasteiger charge is 2.12. The second-order valence-corrected chi connectivity index (χ2v) is 4.54. The zero-order valence-electron chi connectivity index (χ0n) is 10.0. The van der Waals surface area contributed by atoms with E-state index in [1.54, 1.807) is 0 Å². The highest BCUT2D eigenvalue weighted by Crippen LogP contribution is 2.23. The van der Waals surface area contributed by atoms with Crippen molar-refractivity contribution in [1.29, 1.82) is 0 Å². The lowest BCUT2D eigenvalue weighted by atomic mass is 10.1. The molecule has 0 fully saturated rings. The van der Waals surface area contributed by atoms with Crippen LogP contribution in [0.3, 0.4) is 0 Å². The van der Waals surface area contributed by atoms with Crippen LogP contribution in [0.5, 0.6) is 0 Å². The Morgan fingerprint density at radius 2 is 2.06 bits per heavy atom. The average Bonchev–Trinajstić information content (AvgIpc) is 2.31. The van der Waals surface area contributed by atoms with E-state index in [0.717, 1.165) is 30.7 Å². The van der Waals surface area contributed by atoms with Gasteiger partial charge in [-0.25, -0.2) is 0 Å². The van der Waals surface area contributed by atoms with Gasteiger partial charge in [0.25, 0.3) is 0 Å². The summed E-state index contributed by atoms with van der Waals surface area (Å²) in [6, 6.07) is 8.58. The van der Waals surface area contributed by atoms with E-state index in [4.69, 9.17) is 4.74 Å². The first-order valence-corrected chi connectivity index (χ1v) is 6.64. The van der Waals surface area contributed by atoms with Crippen LogP contribution in [0, 0.1) is 0 Å². The summed E-state index contributed by atoms with van der Waals surface area (Å²) >= 11 is 3.59. The van der Waals surface area contributed by atoms with Crippen LogP contribution in [0.15, 0.2) is 28.7 Å². The van der Waals surface area contributed by atoms with Gasteiger partial charge in [0.1, 0.15) is 0 Å². The van der Waals surface area contributed by atoms with Gasteiger partial charge in [0.15, 0.2) is 0 Å². The van der Waals surface area contributed by atoms with Crippen LogP contribution in [0.1, 0.15) is 31.9 Å². The van der Waals surface area contributed by atoms with E-state index < -0.39 is 0 Å². The van der Waals surface area contributed by atoms with Gasteiger partial charge in [0.2, 0.25) is 0 Å². The Balaban J connectivity index is 2.70. The summed E-state index contributed by atoms with van der Waals surface area (Å²) < 4.78 is 6.66. The molecule has 1 unspecified atom stereocenters. The molecule has 1 N–H and O–H groups in total. The highest BCUT2D eigenvalue weighted by molar-refractivity contribution is 9.10. The van der Waals surface area contributed by atoms with Gasteiger partial charge < -0.3 is 10.1 Å². The Bertz CT molecular complexity index is 296. The predicted octanol–water partition coefficient (Wildman–Crippen LogP) is 3.53. The average molecular weight is 286 g/mol. The summed E-state index contributed by atoms with van der Waals surface area (Å²) in [7, 11) is 0. The lowest BCUT2D eigenvalue weighted by Gasteiger charge is -2.20. The van der Waals surface area contributed by atoms with Crippen molar-refractivity contribution in [3.63, 3.8) is 0 Å². The number of hydrogen-bond donors (Lipinski definition) is 1. The summed E-state index contributed by atoms with van der Waals surface area (Å²) in [5.74, 6) is 0. The zero-order valence-corrected chi connectivity index (χ0v) is 11.6. The first-order chi connectivity index (χ1) is 7.79. The van der Waals surface area contributed by atoms with E-state index in [1.807, 2.05) is 13.0 Å². The molecule has 90 valence electrons. The van der Waals surface area contributed by atoms with Crippen LogP contribution in [-0.4, -0.2) is 19.8 Å². The van der Waals surface area contributed by atoms with Crippen molar-refractivity contribution >= 4 is 15.9 Å². The summed E-state index contributed by atoms with van der Waals surface area (Å²) in [5.41, 5.74) is 1.27. The van der Waals surface area contributed by atoms with Crippen molar-refractivity contribution < 1.29 is 4.74 Å². The molecule has 0 aromatic heterocycles. The Morgan fingerprint density at radius 3 is 2.69 bits per heavy atom. The fourth-order valence-corrected chi connectivity index (χ4v) is 2.13. The van der Waals surface area contributed by atoms with Gasteiger partial charge in [-0.15, -0.1) is 0 Å². The minimum absolute atomic E-state index is 0.274. The monoisotopic (exact) mass is 285 g/mol. The van der Waals surface area contributed by atoms with Crippen LogP contribution in [0.4, 0.5) is 0 Å². The minimum Gasteiger partial charge on any atom is -0.380 e. The van der Waals surface area contributed by atoms with Gasteiger partial charge in [-0.05, 0) is 31.5 Å². The van der Waals surface area contributed by atoms with Gasteiger partial charge in [-0.1, -0.05) is 41.1 Å². The van der Waals surface area contributed by atoms with Gasteiger partial charge in [-0.2, -0.15) is 0 Å². The zero-order chi connectivity index (χ0) is 11.8. The number of hydrogen-bond acceptors (Lipinski definition) is 2. The molecule has 16 heavy (non-hydrogen) atoms. The number of rotatable bonds is 7. The molecule has 0 aliphatic heterocycles. The Labute approximate surface area is 107 Å². The molecule has 0 spiro atoms. The highest BCUT2D eigenvalue weighted by atomic mass is 79.9. The molecule has 0 amide bonds. The van der Waals surface area contributed by atoms with E-state index in [-0.39, 0.29) is 6.04 Å². The van der Waals surface area contributed by atoms with E-state index in [1.165, 1.54) is 5.56 Å². The summed E-state index contributed by atoms with van der Waals surface area (Å²) in [5, 5.41) is 3.51. The van der Waals surface area contributed by atoms with Crippen molar-refractivity contribution in [2.45, 2.75) is 26.3 Å². The van der Waals surface area contributed by atoms with E-state index in [0.29, 0.717) is 0 Å². The Kier molecular flexibility index (Phi) is 6.69. The van der Waals surface area contributed by atoms with Crippen LogP contribution in [0.25, 0.3) is 0 Å². The summed E-state index contributed by atoms with van der Waals surface area (Å²) in [6.45, 7) is 6.69. The third-order valence-corrected chi connectivity index (χ3v) is 3.13. The van der Waals surface area contributed by atoms with E-state index in [2.05, 4.69) is 46.4 Å². The molecular weight excluding hydrogens is 266 g/mol. The van der Waals surface area contributed by atoms with Crippen molar-refractivity contribution in [3.8, 4) is 0 Å². The third kappa shape index (κ3) is 4.24. The van der Waals surface area contributed by atoms with Crippen LogP contribution in [0.2, 0.25) is 0 Å². The van der Waals surface area contributed by atoms with Crippen LogP contribution in [-0.2, 0) is 4.74 Å². The van der Waals surface area contributed by atoms with Crippen molar-refractivity contribution in [3.05, 3.63) is 34.3 Å². The summed E-state index contributed by atoms with van der Waals surface area (Å²) in [4.78, 5) is 0. The molecule has 1 aromatic rings. The van der Waals surface area contributed by atoms with Crippen LogP contribution >= 0.6 is 15.9 Å². The minimum atomic E-state index is 0.274. The molecular formula is C13H20BrNO. The molecule has 0 saturated carbocycles. The molecule has 0 aliphatic rings. The number of benzene rings is 1. The van der Waals surface area contributed by atoms with Crippen molar-refractivity contribution in [2.24, 2.45) is 0 Å². The standard InChI is InChI=1S/C13H20BrNO/c1-3-9-15-13(10-16-4-2)11-7-5-6-8-12(11)14/h5-8,13,15H,3-4,9-10H2,1-2H3. The van der Waals surface area contributed by atoms with Gasteiger partial charge in [0, 0.05) is 11.1 Å². The number of halogens is 1. The third-order valence-electron chi connectivity index (χ3n) is 2.41. The van der Waals surface area contributed by atoms with Crippen molar-refractivity contribution in [2.75, 3.05) is 19.8 Å². The lowest BCUT2D eigenvalue weighted by molar-refractivity contribution is 0.123. The fraction of sp³-hybridized carbons (Fsp3) is 0.538. The number of ether oxygens (including phenoxy) is 1. The van der Waals surface area contributed by atoms with E-state index in [9.17, 15) is 0 Å². The molecule has 0 radical (unpaired) electrons. The molecule has 0 bridgehead atoms. The lowest BCUT2D eigenvalue weighted by Crippen LogP contribution is -2.26. The van der Waals surface area contributed by atoms with Gasteiger partial charge >= 0.3 is 0 Å². The number of nitrogens with one attached hydrogen (secondary N) is 1. The SMILES string of the molecule is CCCNC(COCC)c1ccccc1Br. The molecule has 0 saturated heterocycles. The fourth-order valence-electron chi connectivity index (χ4n) is 1.57. The smallest absolute Gasteiger partial charge is 0.0661 e. The van der Waals surface area contributed by atoms with Crippen molar-refractivity contribution in [1.82, 2.24) is 5.32 Å². The molecule has 0 aliphatic carbocycles. The van der Waals surface area contributed by atoms with Gasteiger partial charge in [0.05, 0.1) is 12.6 Å². The summed E-state index contributed by atoms with van der Waals surface area (Å²) in [6.07, 6.45) is 1.13. The Hall–Kier alpha value is -0.380. The second-order valence-electron chi connectivity index (χ2n) is 3.69. The molecule has 1 rings (SSSR count). The first-order valence-electron chi connectivity index (χ1n) is 5.85. The quantitative estimate of drug-likeness (QED) is 0.828. The topological polar surface area (TPSA) is 21.3 Å². The van der Waals surface area contributed by atoms with Gasteiger partial charge in [-0.3, -0.25) is 0 Å². The normalized spacial score (nSPS) is 12.7. The van der Waals surface area contributed by atoms with Crippen LogP contribution < -0.4 is 5.32 Å². The second kappa shape index (κ2) is 7.82. The molecule has 1 atom stereocenters. The largest absolute Gasteiger partial charge is 0.380 e. The predicted molar refractivity (Wildman–Crippen MR) is 71.7 cm³/mol. The first kappa shape index (κ1) is 13.7. The molecule has 3 heteroatoms. The molecule has 1 aromatic carbocycles. The van der Waals surface area contributed by atoms with E-state index >= 15 is 0 Å². The maximum atomic E-state index is 5.52. The Morgan fingerprint density at radius 1 is 1.31 bits per heavy atom. The maximum Gasteiger partial charge on any atom is 0.0661 e. The molecule has 2 nitrogen and oxygen atoms in total. The molecule has 0 heterocycles. The maximum absolute atomic E-state index is 5.52.